The third-order valence-electron chi connectivity index (χ3n) is 5.48. The van der Waals surface area contributed by atoms with Gasteiger partial charge in [-0.1, -0.05) is 28.9 Å². The van der Waals surface area contributed by atoms with Crippen LogP contribution in [0.5, 0.6) is 5.75 Å². The van der Waals surface area contributed by atoms with Crippen LogP contribution in [0.15, 0.2) is 53.5 Å². The first-order valence-corrected chi connectivity index (χ1v) is 10.9. The number of nitrogens with one attached hydrogen (secondary N) is 1. The first-order chi connectivity index (χ1) is 16.0. The summed E-state index contributed by atoms with van der Waals surface area (Å²) < 4.78 is 8.33. The third-order valence-corrected chi connectivity index (χ3v) is 5.72. The number of carbonyl (C=O) groups is 1. The van der Waals surface area contributed by atoms with E-state index in [9.17, 15) is 9.59 Å². The minimum Gasteiger partial charge on any atom is -0.495 e. The number of amides is 1. The molecule has 4 aromatic rings. The van der Waals surface area contributed by atoms with Crippen molar-refractivity contribution in [2.75, 3.05) is 12.4 Å². The van der Waals surface area contributed by atoms with Gasteiger partial charge in [-0.2, -0.15) is 0 Å². The number of carbonyl (C=O) groups excluding carboxylic acids is 1. The third kappa shape index (κ3) is 4.45. The van der Waals surface area contributed by atoms with Gasteiger partial charge < -0.3 is 10.1 Å². The van der Waals surface area contributed by atoms with Crippen molar-refractivity contribution < 1.29 is 9.53 Å². The normalized spacial score (nSPS) is 13.3. The van der Waals surface area contributed by atoms with Crippen molar-refractivity contribution in [3.8, 4) is 5.75 Å². The van der Waals surface area contributed by atoms with E-state index in [0.29, 0.717) is 33.1 Å². The van der Waals surface area contributed by atoms with Crippen LogP contribution in [-0.4, -0.2) is 37.6 Å². The Balaban J connectivity index is 1.37. The smallest absolute Gasteiger partial charge is 0.261 e. The summed E-state index contributed by atoms with van der Waals surface area (Å²) in [6.45, 7) is 0.190. The summed E-state index contributed by atoms with van der Waals surface area (Å²) in [5.41, 5.74) is 1.62. The van der Waals surface area contributed by atoms with Crippen molar-refractivity contribution in [3.05, 3.63) is 75.6 Å². The first kappa shape index (κ1) is 21.1. The fourth-order valence-corrected chi connectivity index (χ4v) is 3.92. The number of halogens is 1. The van der Waals surface area contributed by atoms with Crippen LogP contribution in [0.25, 0.3) is 10.9 Å². The summed E-state index contributed by atoms with van der Waals surface area (Å²) in [5.74, 6) is 1.31. The van der Waals surface area contributed by atoms with E-state index in [1.807, 2.05) is 12.1 Å². The maximum atomic E-state index is 13.2. The van der Waals surface area contributed by atoms with E-state index in [0.717, 1.165) is 18.7 Å². The lowest BCUT2D eigenvalue weighted by atomic mass is 10.2. The van der Waals surface area contributed by atoms with E-state index in [-0.39, 0.29) is 30.5 Å². The predicted molar refractivity (Wildman–Crippen MR) is 124 cm³/mol. The molecular weight excluding hydrogens is 444 g/mol. The van der Waals surface area contributed by atoms with Gasteiger partial charge in [0.1, 0.15) is 23.8 Å². The minimum absolute atomic E-state index is 0.0268. The maximum Gasteiger partial charge on any atom is 0.261 e. The number of anilines is 1. The van der Waals surface area contributed by atoms with Crippen molar-refractivity contribution in [2.45, 2.75) is 31.8 Å². The van der Waals surface area contributed by atoms with E-state index in [1.54, 1.807) is 48.2 Å². The Labute approximate surface area is 194 Å². The summed E-state index contributed by atoms with van der Waals surface area (Å²) in [7, 11) is 1.54. The number of hydrogen-bond acceptors (Lipinski definition) is 6. The Kier molecular flexibility index (Phi) is 5.55. The van der Waals surface area contributed by atoms with Crippen molar-refractivity contribution in [3.63, 3.8) is 0 Å². The number of hydrogen-bond donors (Lipinski definition) is 1. The van der Waals surface area contributed by atoms with Crippen molar-refractivity contribution in [1.82, 2.24) is 24.5 Å². The second kappa shape index (κ2) is 8.67. The van der Waals surface area contributed by atoms with Crippen LogP contribution in [0.2, 0.25) is 5.02 Å². The zero-order chi connectivity index (χ0) is 22.9. The molecule has 9 nitrogen and oxygen atoms in total. The van der Waals surface area contributed by atoms with E-state index in [2.05, 4.69) is 15.6 Å². The fraction of sp³-hybridized carbons (Fsp3) is 0.261. The molecule has 1 aliphatic carbocycles. The Morgan fingerprint density at radius 2 is 2.06 bits per heavy atom. The molecule has 1 N–H and O–H groups in total. The van der Waals surface area contributed by atoms with Crippen LogP contribution in [-0.2, 0) is 17.9 Å². The molecule has 1 amide bonds. The van der Waals surface area contributed by atoms with Crippen LogP contribution >= 0.6 is 11.6 Å². The van der Waals surface area contributed by atoms with Gasteiger partial charge in [0, 0.05) is 10.9 Å². The first-order valence-electron chi connectivity index (χ1n) is 10.5. The highest BCUT2D eigenvalue weighted by molar-refractivity contribution is 6.31. The number of aromatic nitrogens is 5. The lowest BCUT2D eigenvalue weighted by Crippen LogP contribution is -2.26. The highest BCUT2D eigenvalue weighted by Crippen LogP contribution is 2.39. The standard InChI is InChI=1S/C23H21ClN6O3/c1-33-20-5-3-2-4-19(20)25-21(31)13-29-11-16(27-28-29)12-30-22(14-6-7-14)26-18-9-8-15(24)10-17(18)23(30)32/h2-5,8-11,14H,6-7,12-13H2,1H3,(H,25,31). The number of fused-ring (bicyclic) bond motifs is 1. The molecule has 0 radical (unpaired) electrons. The Morgan fingerprint density at radius 1 is 1.24 bits per heavy atom. The monoisotopic (exact) mass is 464 g/mol. The second-order valence-electron chi connectivity index (χ2n) is 7.95. The lowest BCUT2D eigenvalue weighted by Gasteiger charge is -2.12. The average molecular weight is 465 g/mol. The van der Waals surface area contributed by atoms with Crippen LogP contribution in [0, 0.1) is 0 Å². The molecule has 1 fully saturated rings. The Bertz CT molecular complexity index is 1410. The molecule has 5 rings (SSSR count). The number of para-hydroxylation sites is 2. The largest absolute Gasteiger partial charge is 0.495 e. The summed E-state index contributed by atoms with van der Waals surface area (Å²) in [6.07, 6.45) is 3.66. The molecule has 0 spiro atoms. The van der Waals surface area contributed by atoms with Gasteiger partial charge in [-0.25, -0.2) is 9.67 Å². The van der Waals surface area contributed by atoms with Gasteiger partial charge >= 0.3 is 0 Å². The van der Waals surface area contributed by atoms with Gasteiger partial charge in [0.2, 0.25) is 5.91 Å². The zero-order valence-electron chi connectivity index (χ0n) is 17.9. The molecule has 33 heavy (non-hydrogen) atoms. The Hall–Kier alpha value is -3.72. The molecule has 10 heteroatoms. The summed E-state index contributed by atoms with van der Waals surface area (Å²) in [5, 5.41) is 12.0. The van der Waals surface area contributed by atoms with Crippen LogP contribution in [0.1, 0.15) is 30.3 Å². The quantitative estimate of drug-likeness (QED) is 0.450. The highest BCUT2D eigenvalue weighted by atomic mass is 35.5. The molecule has 2 aromatic carbocycles. The van der Waals surface area contributed by atoms with E-state index in [1.165, 1.54) is 4.68 Å². The summed E-state index contributed by atoms with van der Waals surface area (Å²) >= 11 is 6.10. The summed E-state index contributed by atoms with van der Waals surface area (Å²) in [4.78, 5) is 30.4. The number of nitrogens with zero attached hydrogens (tertiary/aromatic N) is 5. The van der Waals surface area contributed by atoms with Crippen molar-refractivity contribution in [1.29, 1.82) is 0 Å². The SMILES string of the molecule is COc1ccccc1NC(=O)Cn1cc(Cn2c(C3CC3)nc3ccc(Cl)cc3c2=O)nn1. The fourth-order valence-electron chi connectivity index (χ4n) is 3.75. The van der Waals surface area contributed by atoms with Gasteiger partial charge in [-0.15, -0.1) is 5.10 Å². The molecule has 0 saturated heterocycles. The minimum atomic E-state index is -0.270. The zero-order valence-corrected chi connectivity index (χ0v) is 18.6. The number of benzene rings is 2. The number of rotatable bonds is 7. The van der Waals surface area contributed by atoms with Gasteiger partial charge in [-0.05, 0) is 43.2 Å². The molecule has 2 aromatic heterocycles. The van der Waals surface area contributed by atoms with Crippen LogP contribution < -0.4 is 15.6 Å². The van der Waals surface area contributed by atoms with Gasteiger partial charge in [0.15, 0.2) is 0 Å². The number of ether oxygens (including phenoxy) is 1. The average Bonchev–Trinajstić information content (AvgIpc) is 3.56. The molecule has 2 heterocycles. The molecule has 0 bridgehead atoms. The molecule has 1 saturated carbocycles. The molecule has 0 atom stereocenters. The molecule has 0 aliphatic heterocycles. The topological polar surface area (TPSA) is 104 Å². The van der Waals surface area contributed by atoms with E-state index < -0.39 is 0 Å². The predicted octanol–water partition coefficient (Wildman–Crippen LogP) is 3.21. The van der Waals surface area contributed by atoms with Crippen molar-refractivity contribution >= 4 is 34.1 Å². The molecule has 0 unspecified atom stereocenters. The highest BCUT2D eigenvalue weighted by Gasteiger charge is 2.29. The molecule has 1 aliphatic rings. The second-order valence-corrected chi connectivity index (χ2v) is 8.39. The van der Waals surface area contributed by atoms with Crippen molar-refractivity contribution in [2.24, 2.45) is 0 Å². The van der Waals surface area contributed by atoms with Crippen LogP contribution in [0.4, 0.5) is 5.69 Å². The summed E-state index contributed by atoms with van der Waals surface area (Å²) in [6, 6.07) is 12.3. The van der Waals surface area contributed by atoms with Gasteiger partial charge in [-0.3, -0.25) is 14.2 Å². The number of methoxy groups -OCH3 is 1. The Morgan fingerprint density at radius 3 is 2.85 bits per heavy atom. The van der Waals surface area contributed by atoms with Gasteiger partial charge in [0.05, 0.1) is 36.4 Å². The van der Waals surface area contributed by atoms with E-state index >= 15 is 0 Å². The lowest BCUT2D eigenvalue weighted by molar-refractivity contribution is -0.116. The molecule has 168 valence electrons. The van der Waals surface area contributed by atoms with E-state index in [4.69, 9.17) is 21.3 Å². The maximum absolute atomic E-state index is 13.2. The molecular formula is C23H21ClN6O3. The van der Waals surface area contributed by atoms with Crippen LogP contribution in [0.3, 0.4) is 0 Å². The van der Waals surface area contributed by atoms with Gasteiger partial charge in [0.25, 0.3) is 5.56 Å².